The van der Waals surface area contributed by atoms with Crippen LogP contribution in [0.5, 0.6) is 11.5 Å². The van der Waals surface area contributed by atoms with Crippen LogP contribution in [0.25, 0.3) is 5.57 Å². The number of phosphoric ester groups is 1. The highest BCUT2D eigenvalue weighted by Gasteiger charge is 2.60. The van der Waals surface area contributed by atoms with Crippen molar-refractivity contribution >= 4 is 48.5 Å². The molecule has 5 N–H and O–H groups in total. The molecule has 6 rings (SSSR count). The summed E-state index contributed by atoms with van der Waals surface area (Å²) in [5.41, 5.74) is 0.223. The third kappa shape index (κ3) is 9.18. The third-order valence-electron chi connectivity index (χ3n) is 15.0. The van der Waals surface area contributed by atoms with Crippen molar-refractivity contribution in [1.82, 2.24) is 0 Å². The van der Waals surface area contributed by atoms with Crippen molar-refractivity contribution in [2.45, 2.75) is 124 Å². The number of benzene rings is 2. The molecule has 58 heavy (non-hydrogen) atoms. The molecule has 10 nitrogen and oxygen atoms in total. The number of carboxylic acids is 2. The number of hydrogen-bond acceptors (Lipinski definition) is 7. The predicted octanol–water partition coefficient (Wildman–Crippen LogP) is 12.2. The number of aromatic hydroxyl groups is 2. The van der Waals surface area contributed by atoms with Crippen molar-refractivity contribution < 1.29 is 48.5 Å². The molecule has 10 atom stereocenters. The summed E-state index contributed by atoms with van der Waals surface area (Å²) in [4.78, 5) is 34.7. The summed E-state index contributed by atoms with van der Waals surface area (Å²) < 4.78 is 24.7. The Morgan fingerprint density at radius 3 is 2.02 bits per heavy atom. The fourth-order valence-corrected chi connectivity index (χ4v) is 13.6. The van der Waals surface area contributed by atoms with Crippen LogP contribution in [0.2, 0.25) is 10.0 Å². The Labute approximate surface area is 352 Å². The van der Waals surface area contributed by atoms with Crippen LogP contribution in [0.1, 0.15) is 150 Å². The van der Waals surface area contributed by atoms with Crippen LogP contribution in [0.15, 0.2) is 30.3 Å². The molecule has 0 radical (unpaired) electrons. The van der Waals surface area contributed by atoms with E-state index in [-0.39, 0.29) is 45.2 Å². The normalized spacial score (nSPS) is 30.8. The van der Waals surface area contributed by atoms with Crippen molar-refractivity contribution in [1.29, 1.82) is 0 Å². The highest BCUT2D eigenvalue weighted by atomic mass is 35.5. The van der Waals surface area contributed by atoms with E-state index in [0.29, 0.717) is 23.7 Å². The van der Waals surface area contributed by atoms with Gasteiger partial charge in [0.15, 0.2) is 0 Å². The first-order valence-electron chi connectivity index (χ1n) is 21.1. The van der Waals surface area contributed by atoms with Crippen LogP contribution < -0.4 is 0 Å². The van der Waals surface area contributed by atoms with Crippen LogP contribution in [-0.4, -0.2) is 50.0 Å². The molecule has 4 saturated carbocycles. The zero-order chi connectivity index (χ0) is 42.3. The summed E-state index contributed by atoms with van der Waals surface area (Å²) in [6.45, 7) is 12.0. The number of rotatable bonds is 15. The topological polar surface area (TPSA) is 171 Å². The Hall–Kier alpha value is -2.59. The van der Waals surface area contributed by atoms with Gasteiger partial charge in [0.1, 0.15) is 22.6 Å². The second kappa shape index (κ2) is 17.8. The molecule has 0 bridgehead atoms. The van der Waals surface area contributed by atoms with Crippen LogP contribution in [-0.2, 0) is 13.6 Å². The lowest BCUT2D eigenvalue weighted by Gasteiger charge is -2.61. The third-order valence-corrected chi connectivity index (χ3v) is 16.7. The summed E-state index contributed by atoms with van der Waals surface area (Å²) in [7, 11) is -4.48. The van der Waals surface area contributed by atoms with Crippen molar-refractivity contribution in [2.24, 2.45) is 52.3 Å². The van der Waals surface area contributed by atoms with E-state index in [2.05, 4.69) is 34.6 Å². The summed E-state index contributed by atoms with van der Waals surface area (Å²) in [5.74, 6) is 0.771. The molecule has 0 amide bonds. The van der Waals surface area contributed by atoms with E-state index in [1.54, 1.807) is 6.08 Å². The number of aromatic carboxylic acids is 2. The lowest BCUT2D eigenvalue weighted by Crippen LogP contribution is -2.54. The lowest BCUT2D eigenvalue weighted by molar-refractivity contribution is -0.128. The lowest BCUT2D eigenvalue weighted by atomic mass is 9.44. The minimum Gasteiger partial charge on any atom is -0.505 e. The summed E-state index contributed by atoms with van der Waals surface area (Å²) in [6.07, 6.45) is 15.1. The van der Waals surface area contributed by atoms with E-state index in [0.717, 1.165) is 61.0 Å². The zero-order valence-electron chi connectivity index (χ0n) is 34.4. The Morgan fingerprint density at radius 2 is 1.43 bits per heavy atom. The zero-order valence-corrected chi connectivity index (χ0v) is 36.8. The minimum atomic E-state index is -4.48. The van der Waals surface area contributed by atoms with Gasteiger partial charge in [-0.1, -0.05) is 83.2 Å². The maximum Gasteiger partial charge on any atom is 0.472 e. The number of halogens is 2. The largest absolute Gasteiger partial charge is 0.505 e. The molecular weight excluding hydrogens is 802 g/mol. The Balaban J connectivity index is 1.10. The van der Waals surface area contributed by atoms with E-state index in [1.807, 2.05) is 0 Å². The molecule has 0 saturated heterocycles. The van der Waals surface area contributed by atoms with E-state index >= 15 is 0 Å². The molecule has 0 heterocycles. The van der Waals surface area contributed by atoms with Crippen LogP contribution in [0.4, 0.5) is 0 Å². The minimum absolute atomic E-state index is 0.0111. The van der Waals surface area contributed by atoms with E-state index in [9.17, 15) is 39.5 Å². The van der Waals surface area contributed by atoms with Gasteiger partial charge in [-0.3, -0.25) is 9.05 Å². The van der Waals surface area contributed by atoms with Gasteiger partial charge in [-0.25, -0.2) is 14.2 Å². The molecule has 1 unspecified atom stereocenters. The van der Waals surface area contributed by atoms with Gasteiger partial charge < -0.3 is 25.3 Å². The van der Waals surface area contributed by atoms with Crippen molar-refractivity contribution in [3.63, 3.8) is 0 Å². The van der Waals surface area contributed by atoms with Crippen molar-refractivity contribution in [2.75, 3.05) is 6.61 Å². The molecule has 4 fully saturated rings. The van der Waals surface area contributed by atoms with Gasteiger partial charge in [-0.05, 0) is 157 Å². The number of phenols is 2. The Kier molecular flexibility index (Phi) is 13.8. The first kappa shape index (κ1) is 44.9. The predicted molar refractivity (Wildman–Crippen MR) is 226 cm³/mol. The van der Waals surface area contributed by atoms with Crippen molar-refractivity contribution in [3.05, 3.63) is 62.6 Å². The molecule has 4 aliphatic rings. The van der Waals surface area contributed by atoms with Gasteiger partial charge in [-0.15, -0.1) is 0 Å². The fourth-order valence-electron chi connectivity index (χ4n) is 12.2. The number of hydrogen-bond donors (Lipinski definition) is 5. The smallest absolute Gasteiger partial charge is 0.472 e. The van der Waals surface area contributed by atoms with E-state index in [4.69, 9.17) is 32.2 Å². The highest BCUT2D eigenvalue weighted by molar-refractivity contribution is 7.47. The monoisotopic (exact) mass is 862 g/mol. The van der Waals surface area contributed by atoms with E-state index < -0.39 is 48.5 Å². The number of carbonyl (C=O) groups is 2. The average Bonchev–Trinajstić information content (AvgIpc) is 3.51. The van der Waals surface area contributed by atoms with Crippen LogP contribution >= 0.6 is 31.0 Å². The second-order valence-electron chi connectivity index (χ2n) is 18.7. The quantitative estimate of drug-likeness (QED) is 0.0857. The van der Waals surface area contributed by atoms with Crippen LogP contribution in [0, 0.1) is 52.3 Å². The fraction of sp³-hybridized carbons (Fsp3) is 0.644. The molecule has 13 heteroatoms. The molecule has 320 valence electrons. The van der Waals surface area contributed by atoms with Gasteiger partial charge in [0.25, 0.3) is 0 Å². The highest BCUT2D eigenvalue weighted by Crippen LogP contribution is 2.69. The molecule has 2 aromatic carbocycles. The first-order valence-corrected chi connectivity index (χ1v) is 23.4. The number of fused-ring (bicyclic) bond motifs is 5. The molecule has 0 aromatic heterocycles. The van der Waals surface area contributed by atoms with E-state index in [1.165, 1.54) is 63.5 Å². The molecule has 0 spiro atoms. The summed E-state index contributed by atoms with van der Waals surface area (Å²) in [5, 5.41) is 39.3. The van der Waals surface area contributed by atoms with Gasteiger partial charge >= 0.3 is 19.8 Å². The molecule has 2 aromatic rings. The molecule has 0 aliphatic heterocycles. The Morgan fingerprint density at radius 1 is 0.845 bits per heavy atom. The Bertz CT molecular complexity index is 1880. The molecular formula is C45H61Cl2O10P. The standard InChI is InChI=1S/C45H61Cl2O10P/c1-25(2)8-6-9-26(3)35-13-14-36-32-12-11-29-24-30(15-17-44(29,4)37(32)16-18-45(35,36)5)57-58(54,55)56-19-7-10-31(27-20-33(42(50)51)40(48)38(46)22-27)28-21-34(43(52)53)41(49)39(47)23-28/h10,20-23,25-26,29-30,32,35-37,48-49H,6-9,11-19,24H2,1-5H3,(H,50,51)(H,52,53)(H,54,55)/t26-,29+,30+,32+,35-,36+,37+,44+,45-/m1/s1. The van der Waals surface area contributed by atoms with Gasteiger partial charge in [0.2, 0.25) is 0 Å². The van der Waals surface area contributed by atoms with Gasteiger partial charge in [-0.2, -0.15) is 0 Å². The van der Waals surface area contributed by atoms with Gasteiger partial charge in [0.05, 0.1) is 22.8 Å². The molecule has 4 aliphatic carbocycles. The maximum atomic E-state index is 13.4. The number of carboxylic acid groups (broad SMARTS) is 2. The van der Waals surface area contributed by atoms with Crippen molar-refractivity contribution in [3.8, 4) is 11.5 Å². The second-order valence-corrected chi connectivity index (χ2v) is 20.9. The van der Waals surface area contributed by atoms with Gasteiger partial charge in [0, 0.05) is 0 Å². The first-order chi connectivity index (χ1) is 27.3. The SMILES string of the molecule is CC(C)CCC[C@@H](C)[C@H]1CC[C@H]2[C@@H]3CC[C@H]4C[C@@H](OP(=O)(O)OCCC=C(c5cc(Cl)c(O)c(C(=O)O)c5)c5cc(Cl)c(O)c(C(=O)O)c5)CC[C@]4(C)[C@H]3CC[C@]12C. The average molecular weight is 864 g/mol. The number of phosphoric acid groups is 1. The summed E-state index contributed by atoms with van der Waals surface area (Å²) >= 11 is 12.4. The summed E-state index contributed by atoms with van der Waals surface area (Å²) in [6, 6.07) is 4.92. The maximum absolute atomic E-state index is 13.4. The van der Waals surface area contributed by atoms with Crippen LogP contribution in [0.3, 0.4) is 0 Å².